The summed E-state index contributed by atoms with van der Waals surface area (Å²) in [5, 5.41) is 4.16. The van der Waals surface area contributed by atoms with Crippen LogP contribution in [0, 0.1) is 6.92 Å². The van der Waals surface area contributed by atoms with Crippen LogP contribution < -0.4 is 10.2 Å². The summed E-state index contributed by atoms with van der Waals surface area (Å²) in [7, 11) is 0. The molecular formula is C19H18N4S. The second-order valence-electron chi connectivity index (χ2n) is 5.96. The summed E-state index contributed by atoms with van der Waals surface area (Å²) in [4.78, 5) is 10.0. The molecule has 1 aliphatic heterocycles. The predicted octanol–water partition coefficient (Wildman–Crippen LogP) is 3.90. The molecule has 2 atom stereocenters. The van der Waals surface area contributed by atoms with Crippen LogP contribution in [0.25, 0.3) is 0 Å². The Balaban J connectivity index is 1.80. The van der Waals surface area contributed by atoms with E-state index in [0.29, 0.717) is 5.11 Å². The molecule has 4 nitrogen and oxygen atoms in total. The number of nitrogens with one attached hydrogen (secondary N) is 2. The average Bonchev–Trinajstić information content (AvgIpc) is 3.24. The van der Waals surface area contributed by atoms with Crippen molar-refractivity contribution in [3.05, 3.63) is 83.9 Å². The van der Waals surface area contributed by atoms with Gasteiger partial charge in [-0.05, 0) is 55.5 Å². The van der Waals surface area contributed by atoms with Gasteiger partial charge in [0.05, 0.1) is 11.7 Å². The molecule has 1 saturated heterocycles. The van der Waals surface area contributed by atoms with E-state index in [4.69, 9.17) is 12.2 Å². The zero-order valence-electron chi connectivity index (χ0n) is 13.3. The highest BCUT2D eigenvalue weighted by Crippen LogP contribution is 2.40. The lowest BCUT2D eigenvalue weighted by Gasteiger charge is -2.27. The van der Waals surface area contributed by atoms with Crippen LogP contribution in [-0.4, -0.2) is 15.1 Å². The molecule has 1 aromatic carbocycles. The summed E-state index contributed by atoms with van der Waals surface area (Å²) in [6.45, 7) is 2.09. The molecule has 1 aliphatic rings. The summed E-state index contributed by atoms with van der Waals surface area (Å²) in [5.41, 5.74) is 4.40. The number of thiocarbonyl (C=S) groups is 1. The quantitative estimate of drug-likeness (QED) is 0.713. The van der Waals surface area contributed by atoms with Crippen molar-refractivity contribution in [2.75, 3.05) is 4.90 Å². The van der Waals surface area contributed by atoms with Crippen LogP contribution in [0.4, 0.5) is 5.69 Å². The molecule has 3 aromatic rings. The standard InChI is InChI=1S/C19H18N4S/c1-13-7-9-14(10-8-13)23-18(16-6-4-12-21-16)17(22-19(23)24)15-5-2-3-11-20-15/h2-12,17-18,21H,1H3,(H,22,24). The topological polar surface area (TPSA) is 44.0 Å². The molecule has 0 saturated carbocycles. The van der Waals surface area contributed by atoms with Gasteiger partial charge in [0.15, 0.2) is 5.11 Å². The fourth-order valence-corrected chi connectivity index (χ4v) is 3.53. The number of H-pyrrole nitrogens is 1. The predicted molar refractivity (Wildman–Crippen MR) is 99.9 cm³/mol. The molecule has 2 N–H and O–H groups in total. The van der Waals surface area contributed by atoms with Crippen LogP contribution in [0.15, 0.2) is 67.0 Å². The van der Waals surface area contributed by atoms with Gasteiger partial charge in [0, 0.05) is 23.8 Å². The van der Waals surface area contributed by atoms with E-state index in [1.54, 1.807) is 0 Å². The van der Waals surface area contributed by atoms with Gasteiger partial charge in [-0.3, -0.25) is 4.98 Å². The number of aromatic amines is 1. The number of rotatable bonds is 3. The van der Waals surface area contributed by atoms with E-state index in [2.05, 4.69) is 57.4 Å². The van der Waals surface area contributed by atoms with Crippen molar-refractivity contribution in [2.24, 2.45) is 0 Å². The van der Waals surface area contributed by atoms with E-state index >= 15 is 0 Å². The first kappa shape index (κ1) is 14.9. The molecule has 4 rings (SSSR count). The van der Waals surface area contributed by atoms with Gasteiger partial charge in [0.2, 0.25) is 0 Å². The van der Waals surface area contributed by atoms with Gasteiger partial charge in [-0.15, -0.1) is 0 Å². The van der Waals surface area contributed by atoms with Gasteiger partial charge in [-0.1, -0.05) is 23.8 Å². The Kier molecular flexibility index (Phi) is 3.78. The van der Waals surface area contributed by atoms with Gasteiger partial charge < -0.3 is 15.2 Å². The monoisotopic (exact) mass is 334 g/mol. The van der Waals surface area contributed by atoms with Crippen molar-refractivity contribution in [1.29, 1.82) is 0 Å². The van der Waals surface area contributed by atoms with Crippen molar-refractivity contribution < 1.29 is 0 Å². The first-order valence-electron chi connectivity index (χ1n) is 7.94. The van der Waals surface area contributed by atoms with Crippen LogP contribution in [0.2, 0.25) is 0 Å². The van der Waals surface area contributed by atoms with E-state index in [1.807, 2.05) is 36.7 Å². The number of anilines is 1. The van der Waals surface area contributed by atoms with E-state index in [1.165, 1.54) is 5.56 Å². The van der Waals surface area contributed by atoms with Gasteiger partial charge in [-0.2, -0.15) is 0 Å². The first-order chi connectivity index (χ1) is 11.7. The van der Waals surface area contributed by atoms with Crippen LogP contribution in [-0.2, 0) is 0 Å². The lowest BCUT2D eigenvalue weighted by Crippen LogP contribution is -2.29. The SMILES string of the molecule is Cc1ccc(N2C(=S)NC(c3ccccn3)C2c2ccc[nH]2)cc1. The van der Waals surface area contributed by atoms with Crippen molar-refractivity contribution in [3.63, 3.8) is 0 Å². The zero-order chi connectivity index (χ0) is 16.5. The summed E-state index contributed by atoms with van der Waals surface area (Å²) >= 11 is 5.66. The van der Waals surface area contributed by atoms with Gasteiger partial charge in [0.1, 0.15) is 6.04 Å². The molecular weight excluding hydrogens is 316 g/mol. The second kappa shape index (κ2) is 6.09. The fourth-order valence-electron chi connectivity index (χ4n) is 3.18. The third-order valence-electron chi connectivity index (χ3n) is 4.35. The van der Waals surface area contributed by atoms with E-state index < -0.39 is 0 Å². The molecule has 0 amide bonds. The molecule has 2 aromatic heterocycles. The zero-order valence-corrected chi connectivity index (χ0v) is 14.1. The molecule has 0 aliphatic carbocycles. The van der Waals surface area contributed by atoms with Crippen molar-refractivity contribution in [3.8, 4) is 0 Å². The maximum Gasteiger partial charge on any atom is 0.174 e. The highest BCUT2D eigenvalue weighted by molar-refractivity contribution is 7.80. The number of aromatic nitrogens is 2. The normalized spacial score (nSPS) is 20.2. The number of pyridine rings is 1. The van der Waals surface area contributed by atoms with E-state index in [-0.39, 0.29) is 12.1 Å². The van der Waals surface area contributed by atoms with Crippen molar-refractivity contribution in [2.45, 2.75) is 19.0 Å². The number of benzene rings is 1. The number of aryl methyl sites for hydroxylation is 1. The Morgan fingerprint density at radius 2 is 1.88 bits per heavy atom. The van der Waals surface area contributed by atoms with E-state index in [9.17, 15) is 0 Å². The highest BCUT2D eigenvalue weighted by atomic mass is 32.1. The molecule has 3 heterocycles. The second-order valence-corrected chi connectivity index (χ2v) is 6.34. The van der Waals surface area contributed by atoms with Crippen LogP contribution in [0.1, 0.15) is 29.0 Å². The average molecular weight is 334 g/mol. The van der Waals surface area contributed by atoms with Crippen molar-refractivity contribution >= 4 is 23.0 Å². The molecule has 120 valence electrons. The maximum atomic E-state index is 5.66. The number of hydrogen-bond donors (Lipinski definition) is 2. The summed E-state index contributed by atoms with van der Waals surface area (Å²) < 4.78 is 0. The summed E-state index contributed by atoms with van der Waals surface area (Å²) in [6.07, 6.45) is 3.76. The number of hydrogen-bond acceptors (Lipinski definition) is 2. The molecule has 2 unspecified atom stereocenters. The summed E-state index contributed by atoms with van der Waals surface area (Å²) in [5.74, 6) is 0. The van der Waals surface area contributed by atoms with E-state index in [0.717, 1.165) is 17.1 Å². The lowest BCUT2D eigenvalue weighted by atomic mass is 10.0. The minimum atomic E-state index is -0.00125. The maximum absolute atomic E-state index is 5.66. The molecule has 5 heteroatoms. The third-order valence-corrected chi connectivity index (χ3v) is 4.67. The minimum Gasteiger partial charge on any atom is -0.363 e. The molecule has 24 heavy (non-hydrogen) atoms. The Labute approximate surface area is 146 Å². The minimum absolute atomic E-state index is 0.00125. The van der Waals surface area contributed by atoms with Crippen LogP contribution in [0.5, 0.6) is 0 Å². The van der Waals surface area contributed by atoms with Gasteiger partial charge in [0.25, 0.3) is 0 Å². The lowest BCUT2D eigenvalue weighted by molar-refractivity contribution is 0.558. The Bertz CT molecular complexity index is 828. The Hall–Kier alpha value is -2.66. The van der Waals surface area contributed by atoms with Gasteiger partial charge >= 0.3 is 0 Å². The highest BCUT2D eigenvalue weighted by Gasteiger charge is 2.41. The Morgan fingerprint density at radius 1 is 1.04 bits per heavy atom. The smallest absolute Gasteiger partial charge is 0.174 e. The molecule has 0 spiro atoms. The van der Waals surface area contributed by atoms with Crippen molar-refractivity contribution in [1.82, 2.24) is 15.3 Å². The fraction of sp³-hybridized carbons (Fsp3) is 0.158. The van der Waals surface area contributed by atoms with Crippen LogP contribution in [0.3, 0.4) is 0 Å². The molecule has 1 fully saturated rings. The third kappa shape index (κ3) is 2.57. The van der Waals surface area contributed by atoms with Gasteiger partial charge in [-0.25, -0.2) is 0 Å². The van der Waals surface area contributed by atoms with Crippen LogP contribution >= 0.6 is 12.2 Å². The largest absolute Gasteiger partial charge is 0.363 e. The Morgan fingerprint density at radius 3 is 2.54 bits per heavy atom. The summed E-state index contributed by atoms with van der Waals surface area (Å²) in [6, 6.07) is 18.6. The first-order valence-corrected chi connectivity index (χ1v) is 8.35. The molecule has 0 bridgehead atoms. The molecule has 0 radical (unpaired) electrons. The number of nitrogens with zero attached hydrogens (tertiary/aromatic N) is 2.